The summed E-state index contributed by atoms with van der Waals surface area (Å²) in [6.07, 6.45) is 7.25. The summed E-state index contributed by atoms with van der Waals surface area (Å²) in [6.45, 7) is 12.2. The van der Waals surface area contributed by atoms with Crippen molar-refractivity contribution < 1.29 is 28.4 Å². The maximum Gasteiger partial charge on any atom is 0.481 e. The van der Waals surface area contributed by atoms with E-state index in [1.165, 1.54) is 12.0 Å². The molecule has 4 fully saturated rings. The average molecular weight is 629 g/mol. The highest BCUT2D eigenvalue weighted by Crippen LogP contribution is 2.65. The van der Waals surface area contributed by atoms with Gasteiger partial charge in [-0.05, 0) is 110 Å². The molecule has 9 heteroatoms. The van der Waals surface area contributed by atoms with E-state index < -0.39 is 13.2 Å². The molecule has 6 atom stereocenters. The average Bonchev–Trinajstić information content (AvgIpc) is 3.41. The molecule has 2 amide bonds. The number of fused-ring (bicyclic) bond motifs is 2. The third kappa shape index (κ3) is 5.72. The zero-order valence-electron chi connectivity index (χ0n) is 28.0. The molecule has 0 unspecified atom stereocenters. The molecule has 3 saturated carbocycles. The molecule has 0 spiro atoms. The number of hydrogen-bond acceptors (Lipinski definition) is 6. The molecular formula is C37H49BN2O6. The molecule has 0 aromatic heterocycles. The second kappa shape index (κ2) is 12.2. The molecule has 2 heterocycles. The van der Waals surface area contributed by atoms with Crippen molar-refractivity contribution in [1.29, 1.82) is 0 Å². The first kappa shape index (κ1) is 31.6. The quantitative estimate of drug-likeness (QED) is 0.358. The highest BCUT2D eigenvalue weighted by atomic mass is 16.7. The molecular weight excluding hydrogens is 579 g/mol. The summed E-state index contributed by atoms with van der Waals surface area (Å²) in [5, 5.41) is 6.45. The van der Waals surface area contributed by atoms with Crippen LogP contribution in [0.15, 0.2) is 36.4 Å². The Morgan fingerprint density at radius 2 is 1.76 bits per heavy atom. The van der Waals surface area contributed by atoms with Crippen molar-refractivity contribution in [2.24, 2.45) is 23.2 Å². The van der Waals surface area contributed by atoms with Gasteiger partial charge in [0.2, 0.25) is 5.91 Å². The number of rotatable bonds is 9. The summed E-state index contributed by atoms with van der Waals surface area (Å²) in [5.74, 6) is 1.93. The van der Waals surface area contributed by atoms with Crippen LogP contribution in [-0.4, -0.2) is 55.8 Å². The SMILES string of the molecule is CC(C)C[C@H](NC(=O)[C@H](Cc1ccc2c(c1)OCCO2)NC(=O)c1cccc2c1CCCC2)B1O[C@@H]2C[C@@H]3C[C@@H](C3(C)C)[C@]2(C)O1. The van der Waals surface area contributed by atoms with E-state index in [2.05, 4.69) is 51.3 Å². The molecule has 6 aliphatic rings. The van der Waals surface area contributed by atoms with E-state index >= 15 is 0 Å². The van der Waals surface area contributed by atoms with Crippen LogP contribution in [0.4, 0.5) is 0 Å². The Hall–Kier alpha value is -3.04. The fraction of sp³-hybridized carbons (Fsp3) is 0.622. The van der Waals surface area contributed by atoms with Crippen LogP contribution in [0.5, 0.6) is 11.5 Å². The van der Waals surface area contributed by atoms with Crippen molar-refractivity contribution in [2.45, 2.75) is 110 Å². The van der Waals surface area contributed by atoms with E-state index in [9.17, 15) is 9.59 Å². The van der Waals surface area contributed by atoms with Crippen LogP contribution < -0.4 is 20.1 Å². The number of nitrogens with one attached hydrogen (secondary N) is 2. The Kier molecular flexibility index (Phi) is 8.37. The minimum Gasteiger partial charge on any atom is -0.486 e. The summed E-state index contributed by atoms with van der Waals surface area (Å²) in [4.78, 5) is 28.2. The number of carbonyl (C=O) groups is 2. The topological polar surface area (TPSA) is 95.1 Å². The molecule has 2 aromatic carbocycles. The van der Waals surface area contributed by atoms with Crippen LogP contribution in [0.2, 0.25) is 0 Å². The summed E-state index contributed by atoms with van der Waals surface area (Å²) >= 11 is 0. The lowest BCUT2D eigenvalue weighted by molar-refractivity contribution is -0.199. The minimum atomic E-state index is -0.810. The van der Waals surface area contributed by atoms with Gasteiger partial charge in [-0.2, -0.15) is 0 Å². The predicted molar refractivity (Wildman–Crippen MR) is 177 cm³/mol. The van der Waals surface area contributed by atoms with Gasteiger partial charge in [0, 0.05) is 12.0 Å². The van der Waals surface area contributed by atoms with Crippen molar-refractivity contribution in [3.63, 3.8) is 0 Å². The van der Waals surface area contributed by atoms with Crippen molar-refractivity contribution in [3.05, 3.63) is 58.7 Å². The van der Waals surface area contributed by atoms with Crippen LogP contribution in [0.1, 0.15) is 93.8 Å². The van der Waals surface area contributed by atoms with Crippen molar-refractivity contribution >= 4 is 18.9 Å². The smallest absolute Gasteiger partial charge is 0.481 e. The van der Waals surface area contributed by atoms with Gasteiger partial charge in [-0.1, -0.05) is 45.9 Å². The molecule has 1 saturated heterocycles. The van der Waals surface area contributed by atoms with Gasteiger partial charge in [0.05, 0.1) is 17.6 Å². The van der Waals surface area contributed by atoms with Crippen LogP contribution >= 0.6 is 0 Å². The van der Waals surface area contributed by atoms with Crippen LogP contribution in [-0.2, 0) is 33.4 Å². The van der Waals surface area contributed by atoms with E-state index in [0.29, 0.717) is 60.9 Å². The maximum absolute atomic E-state index is 14.3. The summed E-state index contributed by atoms with van der Waals surface area (Å²) in [7, 11) is -0.539. The van der Waals surface area contributed by atoms with Gasteiger partial charge in [-0.25, -0.2) is 0 Å². The molecule has 8 rings (SSSR count). The van der Waals surface area contributed by atoms with E-state index in [1.54, 1.807) is 0 Å². The standard InChI is InChI=1S/C37H49BN2O6/c1-22(2)17-33(38-45-32-21-25-20-31(36(25,3)4)37(32,5)46-38)40-35(42)28(18-23-13-14-29-30(19-23)44-16-15-43-29)39-34(41)27-12-8-10-24-9-6-7-11-26(24)27/h8,10,12-14,19,22,25,28,31-33H,6-7,9,11,15-18,20-21H2,1-5H3,(H,39,41)(H,40,42)/t25-,28-,31-,32+,33-,37-/m0/s1. The van der Waals surface area contributed by atoms with Crippen molar-refractivity contribution in [1.82, 2.24) is 10.6 Å². The summed E-state index contributed by atoms with van der Waals surface area (Å²) in [5.41, 5.74) is 3.75. The number of benzene rings is 2. The minimum absolute atomic E-state index is 0.0262. The summed E-state index contributed by atoms with van der Waals surface area (Å²) in [6, 6.07) is 10.9. The first-order valence-electron chi connectivity index (χ1n) is 17.5. The third-order valence-corrected chi connectivity index (χ3v) is 11.7. The first-order chi connectivity index (χ1) is 22.0. The van der Waals surface area contributed by atoms with Gasteiger partial charge in [0.25, 0.3) is 5.91 Å². The molecule has 246 valence electrons. The van der Waals surface area contributed by atoms with Crippen LogP contribution in [0.25, 0.3) is 0 Å². The normalized spacial score (nSPS) is 28.4. The number of ether oxygens (including phenoxy) is 2. The molecule has 2 aliphatic heterocycles. The van der Waals surface area contributed by atoms with E-state index in [-0.39, 0.29) is 34.9 Å². The highest BCUT2D eigenvalue weighted by molar-refractivity contribution is 6.48. The molecule has 46 heavy (non-hydrogen) atoms. The monoisotopic (exact) mass is 628 g/mol. The lowest BCUT2D eigenvalue weighted by Gasteiger charge is -2.64. The molecule has 2 N–H and O–H groups in total. The Morgan fingerprint density at radius 3 is 2.54 bits per heavy atom. The summed E-state index contributed by atoms with van der Waals surface area (Å²) < 4.78 is 25.0. The van der Waals surface area contributed by atoms with Gasteiger partial charge in [-0.3, -0.25) is 9.59 Å². The zero-order valence-corrected chi connectivity index (χ0v) is 28.0. The molecule has 4 aliphatic carbocycles. The van der Waals surface area contributed by atoms with Crippen LogP contribution in [0.3, 0.4) is 0 Å². The number of aryl methyl sites for hydroxylation is 1. The lowest BCUT2D eigenvalue weighted by Crippen LogP contribution is -2.65. The predicted octanol–water partition coefficient (Wildman–Crippen LogP) is 5.48. The van der Waals surface area contributed by atoms with E-state index in [4.69, 9.17) is 18.8 Å². The second-order valence-corrected chi connectivity index (χ2v) is 15.4. The number of hydrogen-bond donors (Lipinski definition) is 2. The van der Waals surface area contributed by atoms with Gasteiger partial charge < -0.3 is 29.4 Å². The van der Waals surface area contributed by atoms with E-state index in [1.807, 2.05) is 30.3 Å². The van der Waals surface area contributed by atoms with Crippen molar-refractivity contribution in [2.75, 3.05) is 13.2 Å². The fourth-order valence-corrected chi connectivity index (χ4v) is 8.99. The third-order valence-electron chi connectivity index (χ3n) is 11.7. The number of carbonyl (C=O) groups excluding carboxylic acids is 2. The Balaban J connectivity index is 1.14. The second-order valence-electron chi connectivity index (χ2n) is 15.4. The van der Waals surface area contributed by atoms with Gasteiger partial charge in [0.1, 0.15) is 19.3 Å². The van der Waals surface area contributed by atoms with Crippen molar-refractivity contribution in [3.8, 4) is 11.5 Å². The Morgan fingerprint density at radius 1 is 0.978 bits per heavy atom. The molecule has 2 aromatic rings. The Labute approximate surface area is 273 Å². The van der Waals surface area contributed by atoms with Gasteiger partial charge >= 0.3 is 7.12 Å². The highest BCUT2D eigenvalue weighted by Gasteiger charge is 2.68. The Bertz CT molecular complexity index is 1490. The van der Waals surface area contributed by atoms with Gasteiger partial charge in [-0.15, -0.1) is 0 Å². The lowest BCUT2D eigenvalue weighted by atomic mass is 9.43. The van der Waals surface area contributed by atoms with E-state index in [0.717, 1.165) is 43.2 Å². The maximum atomic E-state index is 14.3. The fourth-order valence-electron chi connectivity index (χ4n) is 8.99. The number of amides is 2. The largest absolute Gasteiger partial charge is 0.486 e. The van der Waals surface area contributed by atoms with Crippen LogP contribution in [0, 0.1) is 23.2 Å². The first-order valence-corrected chi connectivity index (χ1v) is 17.5. The molecule has 2 bridgehead atoms. The molecule has 8 nitrogen and oxygen atoms in total. The molecule has 0 radical (unpaired) electrons. The zero-order chi connectivity index (χ0) is 32.2. The van der Waals surface area contributed by atoms with Gasteiger partial charge in [0.15, 0.2) is 11.5 Å².